The molecular weight excluding hydrogens is 438 g/mol. The smallest absolute Gasteiger partial charge is 0.253 e. The second-order valence-corrected chi connectivity index (χ2v) is 9.32. The van der Waals surface area contributed by atoms with Crippen LogP contribution in [0.5, 0.6) is 0 Å². The Labute approximate surface area is 199 Å². The Balaban J connectivity index is 1.21. The first-order chi connectivity index (χ1) is 16.4. The molecule has 4 rings (SSSR count). The quantitative estimate of drug-likeness (QED) is 0.648. The molecule has 2 amide bonds. The molecule has 2 fully saturated rings. The molecule has 2 aliphatic heterocycles. The van der Waals surface area contributed by atoms with E-state index in [1.807, 2.05) is 7.05 Å². The number of likely N-dealkylation sites (tertiary alicyclic amines) is 1. The summed E-state index contributed by atoms with van der Waals surface area (Å²) in [6.45, 7) is 1.66. The van der Waals surface area contributed by atoms with Crippen LogP contribution in [-0.4, -0.2) is 54.3 Å². The Morgan fingerprint density at radius 3 is 2.41 bits per heavy atom. The van der Waals surface area contributed by atoms with E-state index in [2.05, 4.69) is 10.9 Å². The van der Waals surface area contributed by atoms with Gasteiger partial charge in [-0.25, -0.2) is 8.78 Å². The van der Waals surface area contributed by atoms with Gasteiger partial charge in [0.1, 0.15) is 11.6 Å². The summed E-state index contributed by atoms with van der Waals surface area (Å²) in [7, 11) is 1.82. The van der Waals surface area contributed by atoms with E-state index >= 15 is 0 Å². The molecule has 2 heterocycles. The summed E-state index contributed by atoms with van der Waals surface area (Å²) in [6, 6.07) is 12.5. The number of hydrazine groups is 1. The van der Waals surface area contributed by atoms with Crippen molar-refractivity contribution in [3.8, 4) is 0 Å². The molecule has 0 saturated carbocycles. The highest BCUT2D eigenvalue weighted by atomic mass is 19.1. The van der Waals surface area contributed by atoms with Crippen LogP contribution >= 0.6 is 0 Å². The van der Waals surface area contributed by atoms with Crippen molar-refractivity contribution in [2.75, 3.05) is 26.7 Å². The number of piperidine rings is 1. The number of hydrogen-bond acceptors (Lipinski definition) is 4. The number of rotatable bonds is 7. The van der Waals surface area contributed by atoms with E-state index in [1.54, 1.807) is 21.9 Å². The van der Waals surface area contributed by atoms with E-state index in [0.717, 1.165) is 37.7 Å². The highest BCUT2D eigenvalue weighted by Crippen LogP contribution is 2.25. The summed E-state index contributed by atoms with van der Waals surface area (Å²) < 4.78 is 26.3. The molecule has 34 heavy (non-hydrogen) atoms. The summed E-state index contributed by atoms with van der Waals surface area (Å²) in [4.78, 5) is 29.3. The second kappa shape index (κ2) is 11.1. The van der Waals surface area contributed by atoms with Gasteiger partial charge in [0, 0.05) is 44.3 Å². The number of carbonyl (C=O) groups is 2. The summed E-state index contributed by atoms with van der Waals surface area (Å²) in [5.41, 5.74) is 8.08. The van der Waals surface area contributed by atoms with Gasteiger partial charge in [-0.2, -0.15) is 0 Å². The molecule has 2 aromatic carbocycles. The molecule has 2 saturated heterocycles. The van der Waals surface area contributed by atoms with E-state index < -0.39 is 0 Å². The monoisotopic (exact) mass is 470 g/mol. The van der Waals surface area contributed by atoms with Gasteiger partial charge < -0.3 is 9.80 Å². The second-order valence-electron chi connectivity index (χ2n) is 9.32. The number of amides is 2. The molecule has 2 aromatic rings. The van der Waals surface area contributed by atoms with Gasteiger partial charge in [0.05, 0.1) is 5.92 Å². The summed E-state index contributed by atoms with van der Waals surface area (Å²) in [5.74, 6) is -0.912. The van der Waals surface area contributed by atoms with Crippen LogP contribution in [0.15, 0.2) is 48.5 Å². The molecule has 0 aromatic heterocycles. The van der Waals surface area contributed by atoms with Crippen LogP contribution in [-0.2, 0) is 4.79 Å². The van der Waals surface area contributed by atoms with Crippen LogP contribution in [0.3, 0.4) is 0 Å². The lowest BCUT2D eigenvalue weighted by molar-refractivity contribution is -0.135. The lowest BCUT2D eigenvalue weighted by atomic mass is 9.95. The SMILES string of the molecule is CN(CCCC1CC(c2ccc(F)cc2)NN1)C(=O)C1CCCN(C(=O)c2ccc(F)cc2)C1. The van der Waals surface area contributed by atoms with E-state index in [-0.39, 0.29) is 41.5 Å². The number of nitrogens with zero attached hydrogens (tertiary/aromatic N) is 2. The lowest BCUT2D eigenvalue weighted by Gasteiger charge is -2.34. The van der Waals surface area contributed by atoms with Crippen LogP contribution in [0.2, 0.25) is 0 Å². The fourth-order valence-electron chi connectivity index (χ4n) is 4.86. The third-order valence-corrected chi connectivity index (χ3v) is 6.83. The fourth-order valence-corrected chi connectivity index (χ4v) is 4.86. The molecule has 3 unspecified atom stereocenters. The molecule has 0 spiro atoms. The Hall–Kier alpha value is -2.84. The van der Waals surface area contributed by atoms with Crippen LogP contribution in [0.4, 0.5) is 8.78 Å². The van der Waals surface area contributed by atoms with Gasteiger partial charge in [0.15, 0.2) is 0 Å². The fraction of sp³-hybridized carbons (Fsp3) is 0.462. The van der Waals surface area contributed by atoms with Crippen molar-refractivity contribution in [2.45, 2.75) is 44.2 Å². The third kappa shape index (κ3) is 5.98. The molecule has 182 valence electrons. The molecule has 2 N–H and O–H groups in total. The lowest BCUT2D eigenvalue weighted by Crippen LogP contribution is -2.46. The predicted octanol–water partition coefficient (Wildman–Crippen LogP) is 3.66. The zero-order chi connectivity index (χ0) is 24.1. The largest absolute Gasteiger partial charge is 0.345 e. The standard InChI is InChI=1S/C26H32F2N4O2/c1-31(14-3-5-23-16-24(30-29-23)18-6-10-21(27)11-7-18)25(33)20-4-2-15-32(17-20)26(34)19-8-12-22(28)13-9-19/h6-13,20,23-24,29-30H,2-5,14-17H2,1H3. The normalized spacial score (nSPS) is 22.6. The average molecular weight is 471 g/mol. The minimum absolute atomic E-state index is 0.0679. The summed E-state index contributed by atoms with van der Waals surface area (Å²) in [6.07, 6.45) is 4.24. The maximum absolute atomic E-state index is 13.2. The third-order valence-electron chi connectivity index (χ3n) is 6.83. The number of carbonyl (C=O) groups excluding carboxylic acids is 2. The predicted molar refractivity (Wildman–Crippen MR) is 126 cm³/mol. The van der Waals surface area contributed by atoms with Crippen LogP contribution in [0, 0.1) is 17.6 Å². The van der Waals surface area contributed by atoms with Crippen molar-refractivity contribution >= 4 is 11.8 Å². The van der Waals surface area contributed by atoms with Gasteiger partial charge in [0.2, 0.25) is 5.91 Å². The van der Waals surface area contributed by atoms with Crippen molar-refractivity contribution in [3.63, 3.8) is 0 Å². The highest BCUT2D eigenvalue weighted by Gasteiger charge is 2.31. The Morgan fingerprint density at radius 2 is 1.71 bits per heavy atom. The first-order valence-electron chi connectivity index (χ1n) is 12.0. The van der Waals surface area contributed by atoms with Crippen molar-refractivity contribution in [1.29, 1.82) is 0 Å². The van der Waals surface area contributed by atoms with E-state index in [0.29, 0.717) is 25.2 Å². The molecule has 0 radical (unpaired) electrons. The van der Waals surface area contributed by atoms with E-state index in [4.69, 9.17) is 0 Å². The summed E-state index contributed by atoms with van der Waals surface area (Å²) in [5, 5.41) is 0. The van der Waals surface area contributed by atoms with Gasteiger partial charge in [-0.05, 0) is 74.1 Å². The van der Waals surface area contributed by atoms with Gasteiger partial charge >= 0.3 is 0 Å². The number of benzene rings is 2. The molecule has 0 bridgehead atoms. The summed E-state index contributed by atoms with van der Waals surface area (Å²) >= 11 is 0. The van der Waals surface area contributed by atoms with Crippen molar-refractivity contribution in [1.82, 2.24) is 20.7 Å². The highest BCUT2D eigenvalue weighted by molar-refractivity contribution is 5.94. The van der Waals surface area contributed by atoms with Crippen LogP contribution in [0.1, 0.15) is 54.1 Å². The minimum Gasteiger partial charge on any atom is -0.345 e. The zero-order valence-electron chi connectivity index (χ0n) is 19.5. The van der Waals surface area contributed by atoms with Crippen molar-refractivity contribution < 1.29 is 18.4 Å². The van der Waals surface area contributed by atoms with Gasteiger partial charge in [-0.3, -0.25) is 20.4 Å². The van der Waals surface area contributed by atoms with Crippen LogP contribution < -0.4 is 10.9 Å². The van der Waals surface area contributed by atoms with E-state index in [1.165, 1.54) is 36.4 Å². The maximum atomic E-state index is 13.2. The molecule has 8 heteroatoms. The van der Waals surface area contributed by atoms with Gasteiger partial charge in [-0.1, -0.05) is 12.1 Å². The first-order valence-corrected chi connectivity index (χ1v) is 12.0. The average Bonchev–Trinajstić information content (AvgIpc) is 3.33. The van der Waals surface area contributed by atoms with Crippen molar-refractivity contribution in [2.24, 2.45) is 5.92 Å². The topological polar surface area (TPSA) is 64.7 Å². The first kappa shape index (κ1) is 24.3. The minimum atomic E-state index is -0.376. The van der Waals surface area contributed by atoms with Gasteiger partial charge in [0.25, 0.3) is 5.91 Å². The van der Waals surface area contributed by atoms with Crippen LogP contribution in [0.25, 0.3) is 0 Å². The van der Waals surface area contributed by atoms with Gasteiger partial charge in [-0.15, -0.1) is 0 Å². The van der Waals surface area contributed by atoms with Crippen molar-refractivity contribution in [3.05, 3.63) is 71.3 Å². The number of halogens is 2. The van der Waals surface area contributed by atoms with E-state index in [9.17, 15) is 18.4 Å². The Bertz CT molecular complexity index is 983. The number of hydrogen-bond donors (Lipinski definition) is 2. The molecule has 0 aliphatic carbocycles. The maximum Gasteiger partial charge on any atom is 0.253 e. The molecule has 6 nitrogen and oxygen atoms in total. The Kier molecular flexibility index (Phi) is 7.90. The number of nitrogens with one attached hydrogen (secondary N) is 2. The molecule has 2 aliphatic rings. The molecule has 3 atom stereocenters. The molecular formula is C26H32F2N4O2. The zero-order valence-corrected chi connectivity index (χ0v) is 19.5. The Morgan fingerprint density at radius 1 is 1.03 bits per heavy atom.